The number of para-hydroxylation sites is 2. The molecule has 0 bridgehead atoms. The lowest BCUT2D eigenvalue weighted by atomic mass is 10.1. The molecule has 128 valence electrons. The van der Waals surface area contributed by atoms with E-state index in [-0.39, 0.29) is 18.4 Å². The van der Waals surface area contributed by atoms with E-state index in [1.807, 2.05) is 35.2 Å². The highest BCUT2D eigenvalue weighted by atomic mass is 16.4. The molecule has 4 rings (SSSR count). The Morgan fingerprint density at radius 2 is 2.00 bits per heavy atom. The highest BCUT2D eigenvalue weighted by Gasteiger charge is 2.29. The van der Waals surface area contributed by atoms with Gasteiger partial charge in [0, 0.05) is 31.9 Å². The van der Waals surface area contributed by atoms with Crippen LogP contribution in [0.5, 0.6) is 0 Å². The maximum absolute atomic E-state index is 12.7. The second-order valence-corrected chi connectivity index (χ2v) is 6.26. The summed E-state index contributed by atoms with van der Waals surface area (Å²) in [5.74, 6) is -0.349. The number of carbonyl (C=O) groups is 1. The van der Waals surface area contributed by atoms with Crippen molar-refractivity contribution in [2.24, 2.45) is 0 Å². The van der Waals surface area contributed by atoms with Gasteiger partial charge in [-0.05, 0) is 42.7 Å². The zero-order chi connectivity index (χ0) is 17.2. The minimum Gasteiger partial charge on any atom is -0.408 e. The normalized spacial score (nSPS) is 17.3. The Morgan fingerprint density at radius 1 is 1.20 bits per heavy atom. The second kappa shape index (κ2) is 6.55. The van der Waals surface area contributed by atoms with E-state index in [1.165, 1.54) is 4.57 Å². The lowest BCUT2D eigenvalue weighted by Crippen LogP contribution is -2.31. The van der Waals surface area contributed by atoms with Crippen LogP contribution in [-0.2, 0) is 11.3 Å². The molecule has 6 heteroatoms. The van der Waals surface area contributed by atoms with Gasteiger partial charge in [-0.25, -0.2) is 4.79 Å². The first kappa shape index (κ1) is 15.6. The third-order valence-electron chi connectivity index (χ3n) is 4.79. The van der Waals surface area contributed by atoms with Crippen LogP contribution in [0.1, 0.15) is 30.9 Å². The number of benzene rings is 1. The molecule has 1 aromatic carbocycles. The molecule has 0 saturated carbocycles. The number of rotatable bonds is 4. The minimum absolute atomic E-state index is 0.0662. The van der Waals surface area contributed by atoms with Gasteiger partial charge in [0.05, 0.1) is 11.6 Å². The quantitative estimate of drug-likeness (QED) is 0.734. The molecule has 25 heavy (non-hydrogen) atoms. The molecule has 1 unspecified atom stereocenters. The molecule has 1 saturated heterocycles. The summed E-state index contributed by atoms with van der Waals surface area (Å²) in [5, 5.41) is 0. The molecule has 2 aromatic heterocycles. The van der Waals surface area contributed by atoms with Gasteiger partial charge in [-0.15, -0.1) is 0 Å². The third kappa shape index (κ3) is 2.95. The van der Waals surface area contributed by atoms with Gasteiger partial charge in [-0.2, -0.15) is 0 Å². The average Bonchev–Trinajstić information content (AvgIpc) is 3.25. The fourth-order valence-electron chi connectivity index (χ4n) is 3.57. The lowest BCUT2D eigenvalue weighted by molar-refractivity contribution is -0.132. The SMILES string of the molecule is O=C(CCn1c(=O)oc2ccccc21)N1CCCC1c1ccncc1. The van der Waals surface area contributed by atoms with Crippen molar-refractivity contribution in [1.82, 2.24) is 14.5 Å². The minimum atomic E-state index is -0.416. The number of aromatic nitrogens is 2. The first-order chi connectivity index (χ1) is 12.2. The highest BCUT2D eigenvalue weighted by Crippen LogP contribution is 2.32. The van der Waals surface area contributed by atoms with E-state index in [2.05, 4.69) is 4.98 Å². The summed E-state index contributed by atoms with van der Waals surface area (Å²) in [6, 6.07) is 11.3. The van der Waals surface area contributed by atoms with Gasteiger partial charge in [0.1, 0.15) is 0 Å². The van der Waals surface area contributed by atoms with Gasteiger partial charge < -0.3 is 9.32 Å². The Kier molecular flexibility index (Phi) is 4.09. The van der Waals surface area contributed by atoms with Crippen molar-refractivity contribution in [2.45, 2.75) is 31.8 Å². The first-order valence-corrected chi connectivity index (χ1v) is 8.52. The smallest absolute Gasteiger partial charge is 0.408 e. The van der Waals surface area contributed by atoms with Gasteiger partial charge in [-0.3, -0.25) is 14.3 Å². The Labute approximate surface area is 144 Å². The number of aryl methyl sites for hydroxylation is 1. The average molecular weight is 337 g/mol. The molecule has 0 radical (unpaired) electrons. The summed E-state index contributed by atoms with van der Waals surface area (Å²) in [6.07, 6.45) is 5.75. The number of nitrogens with zero attached hydrogens (tertiary/aromatic N) is 3. The number of hydrogen-bond acceptors (Lipinski definition) is 4. The van der Waals surface area contributed by atoms with Crippen molar-refractivity contribution >= 4 is 17.0 Å². The highest BCUT2D eigenvalue weighted by molar-refractivity contribution is 5.77. The summed E-state index contributed by atoms with van der Waals surface area (Å²) in [6.45, 7) is 1.08. The largest absolute Gasteiger partial charge is 0.419 e. The van der Waals surface area contributed by atoms with Crippen LogP contribution < -0.4 is 5.76 Å². The zero-order valence-electron chi connectivity index (χ0n) is 13.8. The number of amides is 1. The van der Waals surface area contributed by atoms with E-state index >= 15 is 0 Å². The van der Waals surface area contributed by atoms with Crippen LogP contribution in [-0.4, -0.2) is 26.9 Å². The summed E-state index contributed by atoms with van der Waals surface area (Å²) < 4.78 is 6.76. The fraction of sp³-hybridized carbons (Fsp3) is 0.316. The Hall–Kier alpha value is -2.89. The number of hydrogen-bond donors (Lipinski definition) is 0. The molecular weight excluding hydrogens is 318 g/mol. The molecule has 6 nitrogen and oxygen atoms in total. The monoisotopic (exact) mass is 337 g/mol. The van der Waals surface area contributed by atoms with E-state index in [1.54, 1.807) is 18.5 Å². The molecule has 0 aliphatic carbocycles. The van der Waals surface area contributed by atoms with Gasteiger partial charge in [0.2, 0.25) is 5.91 Å². The van der Waals surface area contributed by atoms with Crippen LogP contribution in [0.3, 0.4) is 0 Å². The molecule has 1 atom stereocenters. The third-order valence-corrected chi connectivity index (χ3v) is 4.79. The number of likely N-dealkylation sites (tertiary alicyclic amines) is 1. The predicted octanol–water partition coefficient (Wildman–Crippen LogP) is 2.74. The summed E-state index contributed by atoms with van der Waals surface area (Å²) in [5.41, 5.74) is 2.40. The maximum atomic E-state index is 12.7. The number of fused-ring (bicyclic) bond motifs is 1. The van der Waals surface area contributed by atoms with Crippen molar-refractivity contribution in [1.29, 1.82) is 0 Å². The Balaban J connectivity index is 1.50. The standard InChI is InChI=1S/C19H19N3O3/c23-18(21-12-3-5-15(21)14-7-10-20-11-8-14)9-13-22-16-4-1-2-6-17(16)25-19(22)24/h1-2,4,6-8,10-11,15H,3,5,9,12-13H2. The molecule has 0 spiro atoms. The van der Waals surface area contributed by atoms with E-state index in [4.69, 9.17) is 4.42 Å². The first-order valence-electron chi connectivity index (χ1n) is 8.52. The number of pyridine rings is 1. The summed E-state index contributed by atoms with van der Waals surface area (Å²) in [4.78, 5) is 30.7. The predicted molar refractivity (Wildman–Crippen MR) is 93.0 cm³/mol. The van der Waals surface area contributed by atoms with Gasteiger partial charge >= 0.3 is 5.76 Å². The maximum Gasteiger partial charge on any atom is 0.419 e. The Morgan fingerprint density at radius 3 is 2.84 bits per heavy atom. The van der Waals surface area contributed by atoms with E-state index < -0.39 is 5.76 Å². The molecule has 1 aliphatic heterocycles. The van der Waals surface area contributed by atoms with Crippen molar-refractivity contribution < 1.29 is 9.21 Å². The van der Waals surface area contributed by atoms with Crippen molar-refractivity contribution in [3.05, 3.63) is 64.9 Å². The van der Waals surface area contributed by atoms with Crippen molar-refractivity contribution in [3.63, 3.8) is 0 Å². The summed E-state index contributed by atoms with van der Waals surface area (Å²) in [7, 11) is 0. The molecule has 3 aromatic rings. The van der Waals surface area contributed by atoms with Crippen LogP contribution in [0, 0.1) is 0 Å². The van der Waals surface area contributed by atoms with E-state index in [0.29, 0.717) is 12.1 Å². The molecule has 1 amide bonds. The van der Waals surface area contributed by atoms with Crippen LogP contribution in [0.25, 0.3) is 11.1 Å². The van der Waals surface area contributed by atoms with Gasteiger partial charge in [0.25, 0.3) is 0 Å². The number of carbonyl (C=O) groups excluding carboxylic acids is 1. The van der Waals surface area contributed by atoms with Crippen molar-refractivity contribution in [3.8, 4) is 0 Å². The van der Waals surface area contributed by atoms with Gasteiger partial charge in [-0.1, -0.05) is 12.1 Å². The number of oxazole rings is 1. The topological polar surface area (TPSA) is 68.3 Å². The van der Waals surface area contributed by atoms with Crippen LogP contribution in [0.4, 0.5) is 0 Å². The second-order valence-electron chi connectivity index (χ2n) is 6.26. The van der Waals surface area contributed by atoms with Crippen LogP contribution in [0.15, 0.2) is 58.0 Å². The van der Waals surface area contributed by atoms with E-state index in [0.717, 1.165) is 30.5 Å². The fourth-order valence-corrected chi connectivity index (χ4v) is 3.57. The van der Waals surface area contributed by atoms with Crippen molar-refractivity contribution in [2.75, 3.05) is 6.54 Å². The molecule has 0 N–H and O–H groups in total. The molecular formula is C19H19N3O3. The summed E-state index contributed by atoms with van der Waals surface area (Å²) >= 11 is 0. The molecule has 1 fully saturated rings. The van der Waals surface area contributed by atoms with Crippen LogP contribution >= 0.6 is 0 Å². The Bertz CT molecular complexity index is 945. The van der Waals surface area contributed by atoms with E-state index in [9.17, 15) is 9.59 Å². The lowest BCUT2D eigenvalue weighted by Gasteiger charge is -2.25. The van der Waals surface area contributed by atoms with Gasteiger partial charge in [0.15, 0.2) is 5.58 Å². The van der Waals surface area contributed by atoms with Crippen LogP contribution in [0.2, 0.25) is 0 Å². The zero-order valence-corrected chi connectivity index (χ0v) is 13.8. The molecule has 1 aliphatic rings. The molecule has 3 heterocycles.